The maximum absolute atomic E-state index is 11.2. The van der Waals surface area contributed by atoms with E-state index in [4.69, 9.17) is 5.11 Å². The van der Waals surface area contributed by atoms with Crippen molar-refractivity contribution in [3.63, 3.8) is 0 Å². The summed E-state index contributed by atoms with van der Waals surface area (Å²) in [5.74, 6) is -0.738. The van der Waals surface area contributed by atoms with Gasteiger partial charge in [0, 0.05) is 0 Å². The highest BCUT2D eigenvalue weighted by molar-refractivity contribution is 5.74. The molecule has 0 saturated heterocycles. The first kappa shape index (κ1) is 11.2. The van der Waals surface area contributed by atoms with Gasteiger partial charge in [-0.05, 0) is 38.5 Å². The number of carboxylic acids is 1. The molecule has 3 unspecified atom stereocenters. The van der Waals surface area contributed by atoms with Crippen molar-refractivity contribution in [2.45, 2.75) is 38.7 Å². The quantitative estimate of drug-likeness (QED) is 0.680. The minimum absolute atomic E-state index is 0.0150. The predicted molar refractivity (Wildman–Crippen MR) is 53.9 cm³/mol. The lowest BCUT2D eigenvalue weighted by atomic mass is 9.65. The van der Waals surface area contributed by atoms with E-state index >= 15 is 0 Å². The van der Waals surface area contributed by atoms with E-state index in [1.165, 1.54) is 0 Å². The molecule has 0 heterocycles. The summed E-state index contributed by atoms with van der Waals surface area (Å²) in [5.41, 5.74) is -0.687. The lowest BCUT2D eigenvalue weighted by Gasteiger charge is -2.39. The average Bonchev–Trinajstić information content (AvgIpc) is 2.12. The molecule has 0 radical (unpaired) electrons. The molecule has 0 bridgehead atoms. The summed E-state index contributed by atoms with van der Waals surface area (Å²) in [5, 5.41) is 18.7. The molecular formula is C11H18O3. The molecule has 0 aliphatic heterocycles. The summed E-state index contributed by atoms with van der Waals surface area (Å²) in [7, 11) is 0. The van der Waals surface area contributed by atoms with Gasteiger partial charge in [0.25, 0.3) is 0 Å². The molecule has 2 N–H and O–H groups in total. The van der Waals surface area contributed by atoms with E-state index in [2.05, 4.69) is 6.58 Å². The molecule has 0 spiro atoms. The van der Waals surface area contributed by atoms with Gasteiger partial charge in [0.05, 0.1) is 11.5 Å². The highest BCUT2D eigenvalue weighted by atomic mass is 16.4. The van der Waals surface area contributed by atoms with Crippen molar-refractivity contribution >= 4 is 5.97 Å². The van der Waals surface area contributed by atoms with Crippen LogP contribution in [0.15, 0.2) is 12.7 Å². The maximum atomic E-state index is 11.2. The number of aliphatic carboxylic acids is 1. The van der Waals surface area contributed by atoms with Crippen LogP contribution in [0.4, 0.5) is 0 Å². The predicted octanol–water partition coefficient (Wildman–Crippen LogP) is 1.81. The number of aliphatic hydroxyl groups is 1. The maximum Gasteiger partial charge on any atom is 0.309 e. The summed E-state index contributed by atoms with van der Waals surface area (Å²) < 4.78 is 0. The van der Waals surface area contributed by atoms with Gasteiger partial charge in [0.2, 0.25) is 0 Å². The van der Waals surface area contributed by atoms with E-state index in [-0.39, 0.29) is 12.0 Å². The number of allylic oxidation sites excluding steroid dienone is 1. The van der Waals surface area contributed by atoms with Gasteiger partial charge < -0.3 is 10.2 Å². The van der Waals surface area contributed by atoms with Crippen LogP contribution in [0.25, 0.3) is 0 Å². The first-order chi connectivity index (χ1) is 6.50. The normalized spacial score (nSPS) is 37.9. The Morgan fingerprint density at radius 2 is 2.36 bits per heavy atom. The van der Waals surface area contributed by atoms with Crippen LogP contribution in [0, 0.1) is 11.3 Å². The second-order valence-electron chi connectivity index (χ2n) is 4.37. The fraction of sp³-hybridized carbons (Fsp3) is 0.727. The van der Waals surface area contributed by atoms with Crippen LogP contribution in [-0.2, 0) is 4.79 Å². The smallest absolute Gasteiger partial charge is 0.309 e. The van der Waals surface area contributed by atoms with Crippen LogP contribution in [0.3, 0.4) is 0 Å². The van der Waals surface area contributed by atoms with E-state index in [0.29, 0.717) is 25.7 Å². The number of carboxylic acid groups (broad SMARTS) is 1. The van der Waals surface area contributed by atoms with E-state index in [0.717, 1.165) is 0 Å². The number of hydrogen-bond donors (Lipinski definition) is 2. The number of carbonyl (C=O) groups is 1. The molecule has 3 heteroatoms. The molecule has 3 atom stereocenters. The van der Waals surface area contributed by atoms with Gasteiger partial charge in [-0.25, -0.2) is 0 Å². The van der Waals surface area contributed by atoms with Crippen molar-refractivity contribution in [3.05, 3.63) is 12.7 Å². The molecule has 1 fully saturated rings. The number of hydrogen-bond acceptors (Lipinski definition) is 2. The first-order valence-corrected chi connectivity index (χ1v) is 5.03. The largest absolute Gasteiger partial charge is 0.481 e. The minimum atomic E-state index is -0.753. The highest BCUT2D eigenvalue weighted by Crippen LogP contribution is 2.43. The lowest BCUT2D eigenvalue weighted by Crippen LogP contribution is -2.42. The fourth-order valence-electron chi connectivity index (χ4n) is 2.22. The van der Waals surface area contributed by atoms with E-state index in [9.17, 15) is 9.90 Å². The minimum Gasteiger partial charge on any atom is -0.481 e. The summed E-state index contributed by atoms with van der Waals surface area (Å²) in [6.07, 6.45) is 3.80. The third kappa shape index (κ3) is 1.98. The third-order valence-electron chi connectivity index (χ3n) is 3.39. The summed E-state index contributed by atoms with van der Waals surface area (Å²) >= 11 is 0. The van der Waals surface area contributed by atoms with Crippen LogP contribution in [0.2, 0.25) is 0 Å². The van der Waals surface area contributed by atoms with Crippen molar-refractivity contribution in [1.29, 1.82) is 0 Å². The third-order valence-corrected chi connectivity index (χ3v) is 3.39. The molecule has 0 aromatic carbocycles. The Morgan fingerprint density at radius 3 is 2.86 bits per heavy atom. The van der Waals surface area contributed by atoms with Crippen molar-refractivity contribution < 1.29 is 15.0 Å². The average molecular weight is 198 g/mol. The Labute approximate surface area is 84.4 Å². The van der Waals surface area contributed by atoms with Gasteiger partial charge in [-0.15, -0.1) is 6.58 Å². The Kier molecular flexibility index (Phi) is 3.32. The second-order valence-corrected chi connectivity index (χ2v) is 4.37. The fourth-order valence-corrected chi connectivity index (χ4v) is 2.22. The van der Waals surface area contributed by atoms with E-state index < -0.39 is 11.4 Å². The van der Waals surface area contributed by atoms with Gasteiger partial charge in [-0.1, -0.05) is 6.08 Å². The van der Waals surface area contributed by atoms with Gasteiger partial charge in [-0.2, -0.15) is 0 Å². The van der Waals surface area contributed by atoms with Crippen molar-refractivity contribution in [2.24, 2.45) is 11.3 Å². The zero-order valence-electron chi connectivity index (χ0n) is 8.57. The van der Waals surface area contributed by atoms with Crippen LogP contribution in [0.1, 0.15) is 32.6 Å². The van der Waals surface area contributed by atoms with Crippen molar-refractivity contribution in [2.75, 3.05) is 0 Å². The Bertz CT molecular complexity index is 237. The molecular weight excluding hydrogens is 180 g/mol. The Morgan fingerprint density at radius 1 is 1.71 bits per heavy atom. The van der Waals surface area contributed by atoms with Crippen molar-refractivity contribution in [3.8, 4) is 0 Å². The Hall–Kier alpha value is -0.830. The van der Waals surface area contributed by atoms with Crippen LogP contribution < -0.4 is 0 Å². The molecule has 0 amide bonds. The number of rotatable bonds is 3. The Balaban J connectivity index is 2.81. The van der Waals surface area contributed by atoms with Gasteiger partial charge in [-0.3, -0.25) is 4.79 Å². The number of aliphatic hydroxyl groups excluding tert-OH is 1. The molecule has 3 nitrogen and oxygen atoms in total. The summed E-state index contributed by atoms with van der Waals surface area (Å²) in [4.78, 5) is 11.2. The zero-order valence-corrected chi connectivity index (χ0v) is 8.57. The van der Waals surface area contributed by atoms with Crippen molar-refractivity contribution in [1.82, 2.24) is 0 Å². The molecule has 1 saturated carbocycles. The summed E-state index contributed by atoms with van der Waals surface area (Å²) in [6.45, 7) is 5.40. The van der Waals surface area contributed by atoms with Gasteiger partial charge >= 0.3 is 5.97 Å². The molecule has 1 aliphatic carbocycles. The molecule has 80 valence electrons. The topological polar surface area (TPSA) is 57.5 Å². The van der Waals surface area contributed by atoms with E-state index in [1.807, 2.05) is 0 Å². The van der Waals surface area contributed by atoms with E-state index in [1.54, 1.807) is 13.0 Å². The highest BCUT2D eigenvalue weighted by Gasteiger charge is 2.44. The van der Waals surface area contributed by atoms with Gasteiger partial charge in [0.15, 0.2) is 0 Å². The molecule has 1 rings (SSSR count). The molecule has 14 heavy (non-hydrogen) atoms. The molecule has 0 aromatic heterocycles. The lowest BCUT2D eigenvalue weighted by molar-refractivity contribution is -0.155. The van der Waals surface area contributed by atoms with Crippen LogP contribution in [0.5, 0.6) is 0 Å². The first-order valence-electron chi connectivity index (χ1n) is 5.03. The van der Waals surface area contributed by atoms with Crippen LogP contribution in [-0.4, -0.2) is 22.3 Å². The van der Waals surface area contributed by atoms with Crippen LogP contribution >= 0.6 is 0 Å². The zero-order chi connectivity index (χ0) is 10.8. The second kappa shape index (κ2) is 4.13. The summed E-state index contributed by atoms with van der Waals surface area (Å²) in [6, 6.07) is 0. The molecule has 1 aliphatic rings. The van der Waals surface area contributed by atoms with Gasteiger partial charge in [0.1, 0.15) is 0 Å². The standard InChI is InChI=1S/C11H18O3/c1-3-4-8-7-9(12)5-6-11(8,2)10(13)14/h3,8-9,12H,1,4-7H2,2H3,(H,13,14). The SMILES string of the molecule is C=CCC1CC(O)CCC1(C)C(=O)O. The molecule has 0 aromatic rings. The monoisotopic (exact) mass is 198 g/mol.